The van der Waals surface area contributed by atoms with Gasteiger partial charge in [-0.25, -0.2) is 0 Å². The molecule has 0 amide bonds. The van der Waals surface area contributed by atoms with Gasteiger partial charge in [-0.1, -0.05) is 13.0 Å². The summed E-state index contributed by atoms with van der Waals surface area (Å²) in [6.45, 7) is 3.06. The fourth-order valence-electron chi connectivity index (χ4n) is 2.54. The third-order valence-corrected chi connectivity index (χ3v) is 3.85. The zero-order valence-electron chi connectivity index (χ0n) is 11.8. The van der Waals surface area contributed by atoms with E-state index in [-0.39, 0.29) is 6.04 Å². The number of hydrogen-bond acceptors (Lipinski definition) is 4. The molecule has 4 nitrogen and oxygen atoms in total. The number of rotatable bonds is 7. The summed E-state index contributed by atoms with van der Waals surface area (Å²) in [7, 11) is 0. The highest BCUT2D eigenvalue weighted by atomic mass is 16.5. The Kier molecular flexibility index (Phi) is 5.76. The van der Waals surface area contributed by atoms with Crippen LogP contribution in [-0.4, -0.2) is 23.7 Å². The third kappa shape index (κ3) is 4.56. The molecule has 1 aliphatic rings. The molecule has 106 valence electrons. The Balaban J connectivity index is 1.79. The summed E-state index contributed by atoms with van der Waals surface area (Å²) in [5.41, 5.74) is 5.29. The van der Waals surface area contributed by atoms with Crippen LogP contribution in [0.1, 0.15) is 43.9 Å². The van der Waals surface area contributed by atoms with Crippen molar-refractivity contribution < 1.29 is 4.74 Å². The van der Waals surface area contributed by atoms with Gasteiger partial charge in [0.1, 0.15) is 0 Å². The van der Waals surface area contributed by atoms with Crippen LogP contribution < -0.4 is 11.3 Å². The third-order valence-electron chi connectivity index (χ3n) is 3.85. The average molecular weight is 263 g/mol. The molecule has 1 aromatic rings. The Morgan fingerprint density at radius 3 is 3.00 bits per heavy atom. The average Bonchev–Trinajstić information content (AvgIpc) is 2.97. The van der Waals surface area contributed by atoms with Crippen LogP contribution >= 0.6 is 0 Å². The number of aromatic nitrogens is 1. The molecule has 0 aromatic carbocycles. The largest absolute Gasteiger partial charge is 0.378 e. The monoisotopic (exact) mass is 263 g/mol. The van der Waals surface area contributed by atoms with E-state index in [9.17, 15) is 0 Å². The zero-order valence-corrected chi connectivity index (χ0v) is 11.8. The molecule has 1 aromatic heterocycles. The summed E-state index contributed by atoms with van der Waals surface area (Å²) in [5.74, 6) is 5.64. The highest BCUT2D eigenvalue weighted by molar-refractivity contribution is 5.14. The predicted molar refractivity (Wildman–Crippen MR) is 76.6 cm³/mol. The van der Waals surface area contributed by atoms with Crippen molar-refractivity contribution in [3.05, 3.63) is 29.6 Å². The molecular weight excluding hydrogens is 238 g/mol. The minimum atomic E-state index is 0.282. The van der Waals surface area contributed by atoms with Crippen LogP contribution in [0.3, 0.4) is 0 Å². The van der Waals surface area contributed by atoms with E-state index in [0.29, 0.717) is 6.10 Å². The van der Waals surface area contributed by atoms with Crippen LogP contribution in [0.2, 0.25) is 0 Å². The zero-order chi connectivity index (χ0) is 13.5. The first-order chi connectivity index (χ1) is 9.31. The van der Waals surface area contributed by atoms with E-state index >= 15 is 0 Å². The van der Waals surface area contributed by atoms with Gasteiger partial charge in [0.05, 0.1) is 6.10 Å². The number of hydrogen-bond donors (Lipinski definition) is 2. The topological polar surface area (TPSA) is 60.2 Å². The molecule has 2 unspecified atom stereocenters. The van der Waals surface area contributed by atoms with Gasteiger partial charge in [-0.3, -0.25) is 16.3 Å². The van der Waals surface area contributed by atoms with E-state index in [1.807, 2.05) is 6.20 Å². The molecule has 3 N–H and O–H groups in total. The SMILES string of the molecule is CCc1ccc(CC(CCC2CCCO2)NN)nc1. The molecule has 1 aliphatic heterocycles. The summed E-state index contributed by atoms with van der Waals surface area (Å²) in [4.78, 5) is 4.49. The minimum absolute atomic E-state index is 0.282. The Labute approximate surface area is 115 Å². The first kappa shape index (κ1) is 14.4. The highest BCUT2D eigenvalue weighted by Gasteiger charge is 2.17. The number of nitrogens with zero attached hydrogens (tertiary/aromatic N) is 1. The second-order valence-electron chi connectivity index (χ2n) is 5.29. The van der Waals surface area contributed by atoms with Crippen molar-refractivity contribution in [2.75, 3.05) is 6.61 Å². The molecular formula is C15H25N3O. The van der Waals surface area contributed by atoms with Crippen molar-refractivity contribution in [1.29, 1.82) is 0 Å². The Bertz CT molecular complexity index is 360. The van der Waals surface area contributed by atoms with Crippen molar-refractivity contribution >= 4 is 0 Å². The highest BCUT2D eigenvalue weighted by Crippen LogP contribution is 2.18. The summed E-state index contributed by atoms with van der Waals surface area (Å²) in [5, 5.41) is 0. The molecule has 2 heterocycles. The fraction of sp³-hybridized carbons (Fsp3) is 0.667. The molecule has 0 spiro atoms. The quantitative estimate of drug-likeness (QED) is 0.583. The first-order valence-corrected chi connectivity index (χ1v) is 7.33. The molecule has 0 aliphatic carbocycles. The molecule has 1 saturated heterocycles. The Morgan fingerprint density at radius 2 is 2.42 bits per heavy atom. The van der Waals surface area contributed by atoms with Crippen LogP contribution in [0.25, 0.3) is 0 Å². The van der Waals surface area contributed by atoms with Gasteiger partial charge in [0.25, 0.3) is 0 Å². The van der Waals surface area contributed by atoms with Crippen molar-refractivity contribution in [2.45, 2.75) is 57.6 Å². The van der Waals surface area contributed by atoms with Gasteiger partial charge < -0.3 is 4.74 Å². The van der Waals surface area contributed by atoms with Crippen molar-refractivity contribution in [3.8, 4) is 0 Å². The molecule has 19 heavy (non-hydrogen) atoms. The van der Waals surface area contributed by atoms with E-state index in [2.05, 4.69) is 29.5 Å². The lowest BCUT2D eigenvalue weighted by Gasteiger charge is -2.17. The van der Waals surface area contributed by atoms with Crippen molar-refractivity contribution in [1.82, 2.24) is 10.4 Å². The molecule has 0 bridgehead atoms. The number of aryl methyl sites for hydroxylation is 1. The number of hydrazine groups is 1. The molecule has 0 saturated carbocycles. The summed E-state index contributed by atoms with van der Waals surface area (Å²) < 4.78 is 5.64. The minimum Gasteiger partial charge on any atom is -0.378 e. The van der Waals surface area contributed by atoms with E-state index in [4.69, 9.17) is 10.6 Å². The number of nitrogens with one attached hydrogen (secondary N) is 1. The second-order valence-corrected chi connectivity index (χ2v) is 5.29. The van der Waals surface area contributed by atoms with Crippen LogP contribution in [-0.2, 0) is 17.6 Å². The molecule has 1 fully saturated rings. The molecule has 2 rings (SSSR count). The van der Waals surface area contributed by atoms with E-state index in [0.717, 1.165) is 38.0 Å². The first-order valence-electron chi connectivity index (χ1n) is 7.33. The normalized spacial score (nSPS) is 20.6. The van der Waals surface area contributed by atoms with Crippen LogP contribution in [0.5, 0.6) is 0 Å². The lowest BCUT2D eigenvalue weighted by molar-refractivity contribution is 0.0995. The van der Waals surface area contributed by atoms with E-state index < -0.39 is 0 Å². The van der Waals surface area contributed by atoms with Gasteiger partial charge in [-0.05, 0) is 43.7 Å². The standard InChI is InChI=1S/C15H25N3O/c1-2-12-5-6-13(17-11-12)10-14(18-16)7-8-15-4-3-9-19-15/h5-6,11,14-15,18H,2-4,7-10,16H2,1H3. The van der Waals surface area contributed by atoms with Gasteiger partial charge >= 0.3 is 0 Å². The Morgan fingerprint density at radius 1 is 1.53 bits per heavy atom. The van der Waals surface area contributed by atoms with Crippen LogP contribution in [0.15, 0.2) is 18.3 Å². The number of ether oxygens (including phenoxy) is 1. The number of nitrogens with two attached hydrogens (primary N) is 1. The van der Waals surface area contributed by atoms with E-state index in [1.54, 1.807) is 0 Å². The smallest absolute Gasteiger partial charge is 0.0576 e. The molecule has 0 radical (unpaired) electrons. The summed E-state index contributed by atoms with van der Waals surface area (Å²) >= 11 is 0. The van der Waals surface area contributed by atoms with Gasteiger partial charge in [0, 0.05) is 31.0 Å². The van der Waals surface area contributed by atoms with Gasteiger partial charge in [0.15, 0.2) is 0 Å². The maximum Gasteiger partial charge on any atom is 0.0576 e. The summed E-state index contributed by atoms with van der Waals surface area (Å²) in [6, 6.07) is 4.54. The molecule has 2 atom stereocenters. The van der Waals surface area contributed by atoms with Crippen LogP contribution in [0.4, 0.5) is 0 Å². The van der Waals surface area contributed by atoms with Crippen LogP contribution in [0, 0.1) is 0 Å². The predicted octanol–water partition coefficient (Wildman–Crippen LogP) is 1.98. The lowest BCUT2D eigenvalue weighted by Crippen LogP contribution is -2.37. The van der Waals surface area contributed by atoms with Crippen molar-refractivity contribution in [2.24, 2.45) is 5.84 Å². The second kappa shape index (κ2) is 7.58. The van der Waals surface area contributed by atoms with E-state index in [1.165, 1.54) is 18.4 Å². The fourth-order valence-corrected chi connectivity index (χ4v) is 2.54. The molecule has 4 heteroatoms. The Hall–Kier alpha value is -0.970. The van der Waals surface area contributed by atoms with Gasteiger partial charge in [0.2, 0.25) is 0 Å². The lowest BCUT2D eigenvalue weighted by atomic mass is 10.0. The van der Waals surface area contributed by atoms with Gasteiger partial charge in [-0.15, -0.1) is 0 Å². The van der Waals surface area contributed by atoms with Crippen molar-refractivity contribution in [3.63, 3.8) is 0 Å². The van der Waals surface area contributed by atoms with Gasteiger partial charge in [-0.2, -0.15) is 0 Å². The maximum absolute atomic E-state index is 5.64. The number of pyridine rings is 1. The maximum atomic E-state index is 5.64. The summed E-state index contributed by atoms with van der Waals surface area (Å²) in [6.07, 6.45) is 8.83.